The lowest BCUT2D eigenvalue weighted by Crippen LogP contribution is -2.36. The third kappa shape index (κ3) is 4.02. The predicted octanol–water partition coefficient (Wildman–Crippen LogP) is -0.152. The minimum atomic E-state index is -0.589. The lowest BCUT2D eigenvalue weighted by atomic mass is 10.3. The molecule has 0 spiro atoms. The second-order valence-electron chi connectivity index (χ2n) is 3.37. The molecule has 4 N–H and O–H groups in total. The number of amides is 2. The number of nitrogens with one attached hydrogen (secondary N) is 2. The van der Waals surface area contributed by atoms with Crippen LogP contribution in [0.25, 0.3) is 0 Å². The highest BCUT2D eigenvalue weighted by Gasteiger charge is 2.09. The second kappa shape index (κ2) is 6.55. The molecule has 98 valence electrons. The van der Waals surface area contributed by atoms with Crippen LogP contribution < -0.4 is 21.1 Å². The van der Waals surface area contributed by atoms with Gasteiger partial charge in [0, 0.05) is 6.07 Å². The smallest absolute Gasteiger partial charge is 0.243 e. The topological polar surface area (TPSA) is 93.5 Å². The zero-order valence-corrected chi connectivity index (χ0v) is 9.83. The number of nitrogens with two attached hydrogens (primary N) is 1. The number of methoxy groups -OCH3 is 1. The van der Waals surface area contributed by atoms with Crippen LogP contribution in [0.5, 0.6) is 5.75 Å². The standard InChI is InChI=1S/C11H14FN3O3/c1-18-7-2-3-8(12)9(4-7)15-11(17)6-14-10(16)5-13/h2-4H,5-6,13H2,1H3,(H,14,16)(H,15,17). The lowest BCUT2D eigenvalue weighted by Gasteiger charge is -2.08. The third-order valence-corrected chi connectivity index (χ3v) is 2.08. The van der Waals surface area contributed by atoms with Crippen molar-refractivity contribution in [3.63, 3.8) is 0 Å². The fraction of sp³-hybridized carbons (Fsp3) is 0.273. The summed E-state index contributed by atoms with van der Waals surface area (Å²) in [5.41, 5.74) is 5.04. The Morgan fingerprint density at radius 3 is 2.72 bits per heavy atom. The molecule has 0 aliphatic carbocycles. The van der Waals surface area contributed by atoms with E-state index in [1.165, 1.54) is 25.3 Å². The van der Waals surface area contributed by atoms with Crippen molar-refractivity contribution in [2.75, 3.05) is 25.5 Å². The largest absolute Gasteiger partial charge is 0.497 e. The SMILES string of the molecule is COc1ccc(F)c(NC(=O)CNC(=O)CN)c1. The fourth-order valence-electron chi connectivity index (χ4n) is 1.17. The zero-order valence-electron chi connectivity index (χ0n) is 9.83. The highest BCUT2D eigenvalue weighted by molar-refractivity contribution is 5.94. The van der Waals surface area contributed by atoms with Gasteiger partial charge in [-0.05, 0) is 12.1 Å². The van der Waals surface area contributed by atoms with E-state index in [0.717, 1.165) is 0 Å². The molecule has 0 heterocycles. The number of hydrogen-bond donors (Lipinski definition) is 3. The number of ether oxygens (including phenoxy) is 1. The molecule has 18 heavy (non-hydrogen) atoms. The molecule has 0 aliphatic rings. The Labute approximate surface area is 103 Å². The Kier molecular flexibility index (Phi) is 5.06. The summed E-state index contributed by atoms with van der Waals surface area (Å²) in [5, 5.41) is 4.59. The van der Waals surface area contributed by atoms with Gasteiger partial charge in [-0.1, -0.05) is 0 Å². The number of halogens is 1. The van der Waals surface area contributed by atoms with Crippen molar-refractivity contribution in [2.24, 2.45) is 5.73 Å². The van der Waals surface area contributed by atoms with E-state index in [4.69, 9.17) is 10.5 Å². The molecule has 0 aliphatic heterocycles. The van der Waals surface area contributed by atoms with E-state index in [1.54, 1.807) is 0 Å². The lowest BCUT2D eigenvalue weighted by molar-refractivity contribution is -0.123. The van der Waals surface area contributed by atoms with Gasteiger partial charge >= 0.3 is 0 Å². The van der Waals surface area contributed by atoms with Gasteiger partial charge in [0.15, 0.2) is 0 Å². The fourth-order valence-corrected chi connectivity index (χ4v) is 1.17. The van der Waals surface area contributed by atoms with Crippen LogP contribution in [0.4, 0.5) is 10.1 Å². The van der Waals surface area contributed by atoms with Gasteiger partial charge < -0.3 is 21.1 Å². The minimum absolute atomic E-state index is 0.0126. The van der Waals surface area contributed by atoms with Crippen molar-refractivity contribution in [2.45, 2.75) is 0 Å². The predicted molar refractivity (Wildman–Crippen MR) is 63.6 cm³/mol. The van der Waals surface area contributed by atoms with E-state index < -0.39 is 17.6 Å². The maximum atomic E-state index is 13.4. The molecular formula is C11H14FN3O3. The first-order valence-corrected chi connectivity index (χ1v) is 5.17. The van der Waals surface area contributed by atoms with E-state index in [0.29, 0.717) is 5.75 Å². The van der Waals surface area contributed by atoms with Crippen LogP contribution in [0, 0.1) is 5.82 Å². The van der Waals surface area contributed by atoms with Crippen LogP contribution in [-0.4, -0.2) is 32.0 Å². The molecule has 2 amide bonds. The molecule has 1 aromatic carbocycles. The van der Waals surface area contributed by atoms with Gasteiger partial charge in [0.05, 0.1) is 25.9 Å². The minimum Gasteiger partial charge on any atom is -0.497 e. The van der Waals surface area contributed by atoms with Crippen LogP contribution in [0.15, 0.2) is 18.2 Å². The highest BCUT2D eigenvalue weighted by Crippen LogP contribution is 2.20. The molecule has 0 bridgehead atoms. The van der Waals surface area contributed by atoms with Gasteiger partial charge in [-0.15, -0.1) is 0 Å². The maximum absolute atomic E-state index is 13.4. The molecule has 0 radical (unpaired) electrons. The summed E-state index contributed by atoms with van der Waals surface area (Å²) in [6.45, 7) is -0.479. The molecule has 0 fully saturated rings. The highest BCUT2D eigenvalue weighted by atomic mass is 19.1. The van der Waals surface area contributed by atoms with Gasteiger partial charge in [0.2, 0.25) is 11.8 Å². The van der Waals surface area contributed by atoms with Gasteiger partial charge in [-0.2, -0.15) is 0 Å². The van der Waals surface area contributed by atoms with Crippen molar-refractivity contribution in [1.29, 1.82) is 0 Å². The van der Waals surface area contributed by atoms with Gasteiger partial charge in [-0.25, -0.2) is 4.39 Å². The zero-order chi connectivity index (χ0) is 13.5. The van der Waals surface area contributed by atoms with Crippen molar-refractivity contribution in [3.05, 3.63) is 24.0 Å². The second-order valence-corrected chi connectivity index (χ2v) is 3.37. The van der Waals surface area contributed by atoms with Crippen molar-refractivity contribution in [1.82, 2.24) is 5.32 Å². The number of benzene rings is 1. The van der Waals surface area contributed by atoms with Crippen LogP contribution in [0.3, 0.4) is 0 Å². The average molecular weight is 255 g/mol. The van der Waals surface area contributed by atoms with Crippen LogP contribution in [0.1, 0.15) is 0 Å². The summed E-state index contributed by atoms with van der Waals surface area (Å²) in [6, 6.07) is 3.95. The van der Waals surface area contributed by atoms with Crippen molar-refractivity contribution in [3.8, 4) is 5.75 Å². The molecular weight excluding hydrogens is 241 g/mol. The first kappa shape index (κ1) is 13.9. The Balaban J connectivity index is 2.61. The monoisotopic (exact) mass is 255 g/mol. The maximum Gasteiger partial charge on any atom is 0.243 e. The summed E-state index contributed by atoms with van der Waals surface area (Å²) in [6.07, 6.45) is 0. The summed E-state index contributed by atoms with van der Waals surface area (Å²) in [5.74, 6) is -1.19. The molecule has 0 saturated carbocycles. The van der Waals surface area contributed by atoms with Gasteiger partial charge in [0.1, 0.15) is 11.6 Å². The number of rotatable bonds is 5. The normalized spacial score (nSPS) is 9.72. The first-order chi connectivity index (χ1) is 8.56. The van der Waals surface area contributed by atoms with Crippen molar-refractivity contribution >= 4 is 17.5 Å². The van der Waals surface area contributed by atoms with E-state index in [9.17, 15) is 14.0 Å². The molecule has 1 rings (SSSR count). The number of carbonyl (C=O) groups excluding carboxylic acids is 2. The quantitative estimate of drug-likeness (QED) is 0.682. The van der Waals surface area contributed by atoms with Crippen molar-refractivity contribution < 1.29 is 18.7 Å². The van der Waals surface area contributed by atoms with Gasteiger partial charge in [-0.3, -0.25) is 9.59 Å². The third-order valence-electron chi connectivity index (χ3n) is 2.08. The molecule has 0 aromatic heterocycles. The Morgan fingerprint density at radius 2 is 2.11 bits per heavy atom. The van der Waals surface area contributed by atoms with E-state index in [1.807, 2.05) is 0 Å². The Bertz CT molecular complexity index is 451. The van der Waals surface area contributed by atoms with E-state index in [2.05, 4.69) is 10.6 Å². The van der Waals surface area contributed by atoms with E-state index in [-0.39, 0.29) is 18.8 Å². The Morgan fingerprint density at radius 1 is 1.39 bits per heavy atom. The molecule has 0 unspecified atom stereocenters. The van der Waals surface area contributed by atoms with Gasteiger partial charge in [0.25, 0.3) is 0 Å². The van der Waals surface area contributed by atoms with Crippen LogP contribution >= 0.6 is 0 Å². The molecule has 0 saturated heterocycles. The average Bonchev–Trinajstić information content (AvgIpc) is 2.38. The summed E-state index contributed by atoms with van der Waals surface area (Å²) < 4.78 is 18.3. The number of hydrogen-bond acceptors (Lipinski definition) is 4. The molecule has 0 atom stereocenters. The summed E-state index contributed by atoms with van der Waals surface area (Å²) in [4.78, 5) is 22.2. The number of carbonyl (C=O) groups is 2. The van der Waals surface area contributed by atoms with E-state index >= 15 is 0 Å². The summed E-state index contributed by atoms with van der Waals surface area (Å²) in [7, 11) is 1.43. The van der Waals surface area contributed by atoms with Crippen LogP contribution in [-0.2, 0) is 9.59 Å². The molecule has 6 nitrogen and oxygen atoms in total. The Hall–Kier alpha value is -2.15. The molecule has 7 heteroatoms. The first-order valence-electron chi connectivity index (χ1n) is 5.17. The van der Waals surface area contributed by atoms with Crippen LogP contribution in [0.2, 0.25) is 0 Å². The summed E-state index contributed by atoms with van der Waals surface area (Å²) >= 11 is 0. The molecule has 1 aromatic rings. The number of anilines is 1.